The van der Waals surface area contributed by atoms with Crippen LogP contribution < -0.4 is 11.1 Å². The molecule has 17 heavy (non-hydrogen) atoms. The topological polar surface area (TPSA) is 38.0 Å². The van der Waals surface area contributed by atoms with Gasteiger partial charge in [-0.15, -0.1) is 0 Å². The summed E-state index contributed by atoms with van der Waals surface area (Å²) < 4.78 is 74.7. The number of hydrogen-bond donors (Lipinski definition) is 2. The molecule has 0 aliphatic rings. The van der Waals surface area contributed by atoms with Crippen LogP contribution in [0.1, 0.15) is 0 Å². The standard InChI is InChI=1S/C9H8F6N2/c10-5-1-4(16)2-6(11)7(5)17-3-9(14,15)8(12)13/h1-2,8,17H,3,16H2. The Hall–Kier alpha value is -1.60. The Kier molecular flexibility index (Phi) is 3.74. The molecule has 1 aromatic rings. The molecule has 8 heteroatoms. The Labute approximate surface area is 92.4 Å². The summed E-state index contributed by atoms with van der Waals surface area (Å²) in [5.74, 6) is -6.83. The van der Waals surface area contributed by atoms with Crippen LogP contribution in [0.5, 0.6) is 0 Å². The summed E-state index contributed by atoms with van der Waals surface area (Å²) in [7, 11) is 0. The van der Waals surface area contributed by atoms with Gasteiger partial charge in [0.15, 0.2) is 11.6 Å². The molecular formula is C9H8F6N2. The smallest absolute Gasteiger partial charge is 0.324 e. The van der Waals surface area contributed by atoms with Gasteiger partial charge in [0.2, 0.25) is 0 Å². The van der Waals surface area contributed by atoms with Crippen LogP contribution in [-0.4, -0.2) is 18.9 Å². The van der Waals surface area contributed by atoms with Gasteiger partial charge in [0, 0.05) is 5.69 Å². The second-order valence-electron chi connectivity index (χ2n) is 3.27. The summed E-state index contributed by atoms with van der Waals surface area (Å²) in [5.41, 5.74) is 3.92. The molecule has 0 aliphatic carbocycles. The maximum absolute atomic E-state index is 13.1. The molecule has 0 aliphatic heterocycles. The molecule has 1 aromatic carbocycles. The molecule has 1 rings (SSSR count). The van der Waals surface area contributed by atoms with E-state index in [0.717, 1.165) is 0 Å². The summed E-state index contributed by atoms with van der Waals surface area (Å²) in [6, 6.07) is 1.37. The summed E-state index contributed by atoms with van der Waals surface area (Å²) >= 11 is 0. The lowest BCUT2D eigenvalue weighted by Crippen LogP contribution is -2.35. The monoisotopic (exact) mass is 258 g/mol. The maximum Gasteiger partial charge on any atom is 0.324 e. The number of anilines is 2. The van der Waals surface area contributed by atoms with Crippen LogP contribution in [0.15, 0.2) is 12.1 Å². The number of rotatable bonds is 4. The Morgan fingerprint density at radius 1 is 1.18 bits per heavy atom. The minimum atomic E-state index is -4.37. The normalized spacial score (nSPS) is 11.9. The zero-order valence-corrected chi connectivity index (χ0v) is 8.28. The van der Waals surface area contributed by atoms with Gasteiger partial charge in [0.05, 0.1) is 6.54 Å². The minimum absolute atomic E-state index is 0.244. The average Bonchev–Trinajstić information content (AvgIpc) is 2.15. The second-order valence-corrected chi connectivity index (χ2v) is 3.27. The van der Waals surface area contributed by atoms with Gasteiger partial charge in [0.1, 0.15) is 5.69 Å². The third kappa shape index (κ3) is 3.18. The van der Waals surface area contributed by atoms with Crippen molar-refractivity contribution in [2.45, 2.75) is 12.3 Å². The van der Waals surface area contributed by atoms with Gasteiger partial charge in [0.25, 0.3) is 0 Å². The molecule has 0 saturated carbocycles. The highest BCUT2D eigenvalue weighted by Crippen LogP contribution is 2.26. The Morgan fingerprint density at radius 2 is 1.65 bits per heavy atom. The first-order valence-corrected chi connectivity index (χ1v) is 4.38. The fourth-order valence-corrected chi connectivity index (χ4v) is 1.05. The van der Waals surface area contributed by atoms with Crippen molar-refractivity contribution in [3.63, 3.8) is 0 Å². The van der Waals surface area contributed by atoms with Crippen LogP contribution in [0.4, 0.5) is 37.7 Å². The third-order valence-corrected chi connectivity index (χ3v) is 1.88. The number of benzene rings is 1. The lowest BCUT2D eigenvalue weighted by Gasteiger charge is -2.17. The molecular weight excluding hydrogens is 250 g/mol. The molecule has 0 bridgehead atoms. The van der Waals surface area contributed by atoms with Crippen molar-refractivity contribution in [1.82, 2.24) is 0 Å². The summed E-state index contributed by atoms with van der Waals surface area (Å²) in [6.45, 7) is -1.58. The first-order chi connectivity index (χ1) is 7.74. The van der Waals surface area contributed by atoms with E-state index in [9.17, 15) is 26.3 Å². The van der Waals surface area contributed by atoms with Gasteiger partial charge in [-0.1, -0.05) is 0 Å². The molecule has 0 spiro atoms. The molecule has 2 nitrogen and oxygen atoms in total. The quantitative estimate of drug-likeness (QED) is 0.643. The fraction of sp³-hybridized carbons (Fsp3) is 0.333. The van der Waals surface area contributed by atoms with E-state index in [1.807, 2.05) is 0 Å². The van der Waals surface area contributed by atoms with Crippen molar-refractivity contribution in [2.75, 3.05) is 17.6 Å². The molecule has 0 unspecified atom stereocenters. The predicted octanol–water partition coefficient (Wildman–Crippen LogP) is 2.86. The van der Waals surface area contributed by atoms with Crippen molar-refractivity contribution >= 4 is 11.4 Å². The van der Waals surface area contributed by atoms with Gasteiger partial charge < -0.3 is 11.1 Å². The van der Waals surface area contributed by atoms with E-state index in [4.69, 9.17) is 5.73 Å². The number of nitrogens with one attached hydrogen (secondary N) is 1. The van der Waals surface area contributed by atoms with E-state index in [0.29, 0.717) is 12.1 Å². The van der Waals surface area contributed by atoms with E-state index in [2.05, 4.69) is 0 Å². The lowest BCUT2D eigenvalue weighted by molar-refractivity contribution is -0.117. The Balaban J connectivity index is 2.83. The number of hydrogen-bond acceptors (Lipinski definition) is 2. The van der Waals surface area contributed by atoms with Gasteiger partial charge in [-0.25, -0.2) is 17.6 Å². The molecule has 0 amide bonds. The highest BCUT2D eigenvalue weighted by molar-refractivity contribution is 5.54. The predicted molar refractivity (Wildman–Crippen MR) is 50.2 cm³/mol. The van der Waals surface area contributed by atoms with Crippen molar-refractivity contribution in [3.8, 4) is 0 Å². The van der Waals surface area contributed by atoms with E-state index >= 15 is 0 Å². The van der Waals surface area contributed by atoms with Crippen LogP contribution in [0.3, 0.4) is 0 Å². The van der Waals surface area contributed by atoms with Gasteiger partial charge >= 0.3 is 12.3 Å². The highest BCUT2D eigenvalue weighted by Gasteiger charge is 2.40. The molecule has 0 heterocycles. The summed E-state index contributed by atoms with van der Waals surface area (Å²) in [4.78, 5) is 0. The zero-order valence-electron chi connectivity index (χ0n) is 8.28. The minimum Gasteiger partial charge on any atom is -0.399 e. The van der Waals surface area contributed by atoms with E-state index in [1.54, 1.807) is 5.32 Å². The summed E-state index contributed by atoms with van der Waals surface area (Å²) in [5, 5.41) is 1.59. The van der Waals surface area contributed by atoms with Crippen LogP contribution in [0.2, 0.25) is 0 Å². The van der Waals surface area contributed by atoms with Crippen LogP contribution in [0.25, 0.3) is 0 Å². The fourth-order valence-electron chi connectivity index (χ4n) is 1.05. The summed E-state index contributed by atoms with van der Waals surface area (Å²) in [6.07, 6.45) is -3.92. The molecule has 96 valence electrons. The molecule has 0 atom stereocenters. The van der Waals surface area contributed by atoms with E-state index in [1.165, 1.54) is 0 Å². The van der Waals surface area contributed by atoms with Crippen molar-refractivity contribution in [3.05, 3.63) is 23.8 Å². The zero-order chi connectivity index (χ0) is 13.2. The lowest BCUT2D eigenvalue weighted by atomic mass is 10.2. The Bertz CT molecular complexity index is 383. The van der Waals surface area contributed by atoms with Crippen molar-refractivity contribution < 1.29 is 26.3 Å². The van der Waals surface area contributed by atoms with Crippen LogP contribution >= 0.6 is 0 Å². The first kappa shape index (κ1) is 13.5. The van der Waals surface area contributed by atoms with Gasteiger partial charge in [-0.3, -0.25) is 0 Å². The molecule has 0 aromatic heterocycles. The number of nitrogens with two attached hydrogens (primary N) is 1. The van der Waals surface area contributed by atoms with E-state index < -0.39 is 36.2 Å². The van der Waals surface area contributed by atoms with Gasteiger partial charge in [-0.05, 0) is 12.1 Å². The van der Waals surface area contributed by atoms with Crippen molar-refractivity contribution in [2.24, 2.45) is 0 Å². The SMILES string of the molecule is Nc1cc(F)c(NCC(F)(F)C(F)F)c(F)c1. The maximum atomic E-state index is 13.1. The number of alkyl halides is 4. The number of nitrogen functional groups attached to an aromatic ring is 1. The number of halogens is 6. The molecule has 0 saturated heterocycles. The first-order valence-electron chi connectivity index (χ1n) is 4.38. The molecule has 0 radical (unpaired) electrons. The highest BCUT2D eigenvalue weighted by atomic mass is 19.3. The van der Waals surface area contributed by atoms with Crippen molar-refractivity contribution in [1.29, 1.82) is 0 Å². The molecule has 0 fully saturated rings. The average molecular weight is 258 g/mol. The molecule has 3 N–H and O–H groups in total. The third-order valence-electron chi connectivity index (χ3n) is 1.88. The van der Waals surface area contributed by atoms with E-state index in [-0.39, 0.29) is 5.69 Å². The van der Waals surface area contributed by atoms with Crippen LogP contribution in [-0.2, 0) is 0 Å². The second kappa shape index (κ2) is 4.72. The largest absolute Gasteiger partial charge is 0.399 e. The van der Waals surface area contributed by atoms with Crippen LogP contribution in [0, 0.1) is 11.6 Å². The van der Waals surface area contributed by atoms with Gasteiger partial charge in [-0.2, -0.15) is 8.78 Å². The Morgan fingerprint density at radius 3 is 2.06 bits per heavy atom.